The second-order valence-electron chi connectivity index (χ2n) is 4.57. The number of rotatable bonds is 1. The highest BCUT2D eigenvalue weighted by molar-refractivity contribution is 5.71. The molecule has 1 atom stereocenters. The average molecular weight is 233 g/mol. The third-order valence-electron chi connectivity index (χ3n) is 3.24. The molecule has 3 heteroatoms. The maximum absolute atomic E-state index is 12.0. The van der Waals surface area contributed by atoms with Crippen LogP contribution in [-0.2, 0) is 0 Å². The molecule has 1 aliphatic heterocycles. The van der Waals surface area contributed by atoms with Crippen molar-refractivity contribution in [2.45, 2.75) is 38.6 Å². The van der Waals surface area contributed by atoms with E-state index in [0.29, 0.717) is 5.75 Å². The molecule has 1 fully saturated rings. The summed E-state index contributed by atoms with van der Waals surface area (Å²) in [4.78, 5) is 13.9. The molecule has 0 aromatic heterocycles. The van der Waals surface area contributed by atoms with Gasteiger partial charge in [0.1, 0.15) is 5.75 Å². The third-order valence-corrected chi connectivity index (χ3v) is 3.24. The summed E-state index contributed by atoms with van der Waals surface area (Å²) >= 11 is 0. The van der Waals surface area contributed by atoms with Crippen LogP contribution in [0.2, 0.25) is 0 Å². The normalized spacial score (nSPS) is 20.8. The highest BCUT2D eigenvalue weighted by Crippen LogP contribution is 2.18. The number of hydrogen-bond donors (Lipinski definition) is 0. The van der Waals surface area contributed by atoms with Gasteiger partial charge >= 0.3 is 6.09 Å². The minimum absolute atomic E-state index is 0.217. The van der Waals surface area contributed by atoms with Crippen molar-refractivity contribution in [2.24, 2.45) is 0 Å². The molecule has 17 heavy (non-hydrogen) atoms. The number of benzene rings is 1. The van der Waals surface area contributed by atoms with E-state index in [1.807, 2.05) is 23.1 Å². The molecule has 0 radical (unpaired) electrons. The summed E-state index contributed by atoms with van der Waals surface area (Å²) < 4.78 is 5.37. The number of para-hydroxylation sites is 1. The van der Waals surface area contributed by atoms with E-state index in [1.165, 1.54) is 12.8 Å². The summed E-state index contributed by atoms with van der Waals surface area (Å²) in [6, 6.07) is 9.55. The first kappa shape index (κ1) is 12.0. The van der Waals surface area contributed by atoms with E-state index >= 15 is 0 Å². The SMILES string of the molecule is CC1CCCCCN1C(=O)Oc1ccccc1. The van der Waals surface area contributed by atoms with Gasteiger partial charge in [-0.2, -0.15) is 0 Å². The van der Waals surface area contributed by atoms with Gasteiger partial charge in [-0.05, 0) is 31.9 Å². The Balaban J connectivity index is 1.99. The van der Waals surface area contributed by atoms with Gasteiger partial charge in [0.05, 0.1) is 0 Å². The lowest BCUT2D eigenvalue weighted by Crippen LogP contribution is -2.40. The topological polar surface area (TPSA) is 29.5 Å². The largest absolute Gasteiger partial charge is 0.415 e. The summed E-state index contributed by atoms with van der Waals surface area (Å²) in [7, 11) is 0. The molecule has 0 saturated carbocycles. The van der Waals surface area contributed by atoms with E-state index in [4.69, 9.17) is 4.74 Å². The maximum atomic E-state index is 12.0. The van der Waals surface area contributed by atoms with Crippen molar-refractivity contribution in [3.8, 4) is 5.75 Å². The third kappa shape index (κ3) is 3.22. The quantitative estimate of drug-likeness (QED) is 0.743. The predicted molar refractivity (Wildman–Crippen MR) is 67.1 cm³/mol. The molecule has 3 nitrogen and oxygen atoms in total. The number of carbonyl (C=O) groups is 1. The Labute approximate surface area is 102 Å². The minimum Gasteiger partial charge on any atom is -0.410 e. The van der Waals surface area contributed by atoms with Crippen LogP contribution in [0.15, 0.2) is 30.3 Å². The van der Waals surface area contributed by atoms with Crippen LogP contribution >= 0.6 is 0 Å². The molecule has 92 valence electrons. The molecular weight excluding hydrogens is 214 g/mol. The molecule has 1 saturated heterocycles. The molecule has 1 aromatic carbocycles. The minimum atomic E-state index is -0.217. The van der Waals surface area contributed by atoms with Gasteiger partial charge in [0, 0.05) is 12.6 Å². The fourth-order valence-corrected chi connectivity index (χ4v) is 2.19. The Hall–Kier alpha value is -1.51. The van der Waals surface area contributed by atoms with Crippen LogP contribution in [0, 0.1) is 0 Å². The fourth-order valence-electron chi connectivity index (χ4n) is 2.19. The van der Waals surface area contributed by atoms with Crippen LogP contribution in [0.1, 0.15) is 32.6 Å². The molecule has 0 bridgehead atoms. The lowest BCUT2D eigenvalue weighted by Gasteiger charge is -2.26. The second-order valence-corrected chi connectivity index (χ2v) is 4.57. The Morgan fingerprint density at radius 2 is 2.00 bits per heavy atom. The van der Waals surface area contributed by atoms with Crippen LogP contribution in [0.4, 0.5) is 4.79 Å². The number of ether oxygens (including phenoxy) is 1. The van der Waals surface area contributed by atoms with Gasteiger partial charge in [0.25, 0.3) is 0 Å². The molecule has 1 amide bonds. The Morgan fingerprint density at radius 3 is 2.76 bits per heavy atom. The predicted octanol–water partition coefficient (Wildman–Crippen LogP) is 3.45. The van der Waals surface area contributed by atoms with Gasteiger partial charge in [0.15, 0.2) is 0 Å². The van der Waals surface area contributed by atoms with E-state index in [1.54, 1.807) is 12.1 Å². The summed E-state index contributed by atoms with van der Waals surface area (Å²) in [5.41, 5.74) is 0. The van der Waals surface area contributed by atoms with Gasteiger partial charge in [0.2, 0.25) is 0 Å². The zero-order valence-corrected chi connectivity index (χ0v) is 10.3. The van der Waals surface area contributed by atoms with Crippen molar-refractivity contribution in [1.82, 2.24) is 4.90 Å². The Kier molecular flexibility index (Phi) is 4.02. The average Bonchev–Trinajstić information content (AvgIpc) is 2.55. The number of amides is 1. The Bertz CT molecular complexity index is 364. The molecule has 1 aliphatic rings. The van der Waals surface area contributed by atoms with Crippen molar-refractivity contribution in [1.29, 1.82) is 0 Å². The van der Waals surface area contributed by atoms with Crippen LogP contribution in [0.25, 0.3) is 0 Å². The van der Waals surface area contributed by atoms with Gasteiger partial charge in [-0.3, -0.25) is 0 Å². The molecule has 0 N–H and O–H groups in total. The monoisotopic (exact) mass is 233 g/mol. The molecule has 0 aliphatic carbocycles. The standard InChI is InChI=1S/C14H19NO2/c1-12-8-4-3-7-11-15(12)14(16)17-13-9-5-2-6-10-13/h2,5-6,9-10,12H,3-4,7-8,11H2,1H3. The fraction of sp³-hybridized carbons (Fsp3) is 0.500. The van der Waals surface area contributed by atoms with E-state index in [9.17, 15) is 4.79 Å². The molecule has 1 aromatic rings. The molecular formula is C14H19NO2. The van der Waals surface area contributed by atoms with Crippen LogP contribution in [0.5, 0.6) is 5.75 Å². The Morgan fingerprint density at radius 1 is 1.24 bits per heavy atom. The van der Waals surface area contributed by atoms with Crippen molar-refractivity contribution >= 4 is 6.09 Å². The van der Waals surface area contributed by atoms with Crippen LogP contribution in [-0.4, -0.2) is 23.6 Å². The smallest absolute Gasteiger partial charge is 0.410 e. The molecule has 1 heterocycles. The number of nitrogens with zero attached hydrogens (tertiary/aromatic N) is 1. The van der Waals surface area contributed by atoms with Crippen molar-refractivity contribution in [3.63, 3.8) is 0 Å². The number of likely N-dealkylation sites (tertiary alicyclic amines) is 1. The maximum Gasteiger partial charge on any atom is 0.415 e. The van der Waals surface area contributed by atoms with E-state index in [-0.39, 0.29) is 12.1 Å². The molecule has 0 spiro atoms. The van der Waals surface area contributed by atoms with Crippen molar-refractivity contribution in [2.75, 3.05) is 6.54 Å². The van der Waals surface area contributed by atoms with Gasteiger partial charge in [-0.1, -0.05) is 31.0 Å². The lowest BCUT2D eigenvalue weighted by atomic mass is 10.1. The number of hydrogen-bond acceptors (Lipinski definition) is 2. The van der Waals surface area contributed by atoms with Crippen LogP contribution < -0.4 is 4.74 Å². The van der Waals surface area contributed by atoms with Crippen LogP contribution in [0.3, 0.4) is 0 Å². The highest BCUT2D eigenvalue weighted by Gasteiger charge is 2.23. The zero-order chi connectivity index (χ0) is 12.1. The summed E-state index contributed by atoms with van der Waals surface area (Å²) in [6.07, 6.45) is 4.35. The zero-order valence-electron chi connectivity index (χ0n) is 10.3. The first-order chi connectivity index (χ1) is 8.27. The van der Waals surface area contributed by atoms with Crippen molar-refractivity contribution in [3.05, 3.63) is 30.3 Å². The lowest BCUT2D eigenvalue weighted by molar-refractivity contribution is 0.136. The summed E-state index contributed by atoms with van der Waals surface area (Å²) in [6.45, 7) is 2.91. The first-order valence-electron chi connectivity index (χ1n) is 6.31. The highest BCUT2D eigenvalue weighted by atomic mass is 16.6. The van der Waals surface area contributed by atoms with Gasteiger partial charge in [-0.25, -0.2) is 4.79 Å². The van der Waals surface area contributed by atoms with E-state index < -0.39 is 0 Å². The van der Waals surface area contributed by atoms with E-state index in [2.05, 4.69) is 6.92 Å². The summed E-state index contributed by atoms with van der Waals surface area (Å²) in [5, 5.41) is 0. The second kappa shape index (κ2) is 5.71. The van der Waals surface area contributed by atoms with Gasteiger partial charge in [-0.15, -0.1) is 0 Å². The number of carbonyl (C=O) groups excluding carboxylic acids is 1. The summed E-state index contributed by atoms with van der Waals surface area (Å²) in [5.74, 6) is 0.619. The van der Waals surface area contributed by atoms with Crippen molar-refractivity contribution < 1.29 is 9.53 Å². The molecule has 2 rings (SSSR count). The van der Waals surface area contributed by atoms with Gasteiger partial charge < -0.3 is 9.64 Å². The first-order valence-corrected chi connectivity index (χ1v) is 6.31. The molecule has 1 unspecified atom stereocenters. The van der Waals surface area contributed by atoms with E-state index in [0.717, 1.165) is 19.4 Å².